The van der Waals surface area contributed by atoms with Gasteiger partial charge in [0.2, 0.25) is 10.0 Å². The molecular formula is C13H20N2O2S. The van der Waals surface area contributed by atoms with Crippen LogP contribution in [0.15, 0.2) is 24.3 Å². The van der Waals surface area contributed by atoms with E-state index in [4.69, 9.17) is 0 Å². The van der Waals surface area contributed by atoms with Crippen LogP contribution in [0.4, 0.5) is 5.69 Å². The van der Waals surface area contributed by atoms with Crippen LogP contribution in [0.5, 0.6) is 0 Å². The molecule has 1 aromatic carbocycles. The van der Waals surface area contributed by atoms with Crippen molar-refractivity contribution in [2.24, 2.45) is 5.92 Å². The third kappa shape index (κ3) is 3.99. The second-order valence-electron chi connectivity index (χ2n) is 4.95. The fourth-order valence-electron chi connectivity index (χ4n) is 2.41. The van der Waals surface area contributed by atoms with Crippen LogP contribution < -0.4 is 10.0 Å². The molecule has 0 amide bonds. The summed E-state index contributed by atoms with van der Waals surface area (Å²) < 4.78 is 25.2. The second kappa shape index (κ2) is 5.71. The first-order valence-electron chi connectivity index (χ1n) is 6.31. The molecule has 1 aromatic rings. The molecule has 1 fully saturated rings. The van der Waals surface area contributed by atoms with E-state index in [1.807, 2.05) is 24.3 Å². The van der Waals surface area contributed by atoms with Gasteiger partial charge in [-0.25, -0.2) is 8.42 Å². The summed E-state index contributed by atoms with van der Waals surface area (Å²) in [7, 11) is -3.21. The Bertz CT molecular complexity index is 493. The van der Waals surface area contributed by atoms with E-state index in [-0.39, 0.29) is 0 Å². The van der Waals surface area contributed by atoms with Crippen LogP contribution in [0, 0.1) is 5.92 Å². The van der Waals surface area contributed by atoms with Gasteiger partial charge in [0.15, 0.2) is 0 Å². The molecule has 1 heterocycles. The maximum atomic E-state index is 11.3. The molecule has 0 aromatic heterocycles. The highest BCUT2D eigenvalue weighted by atomic mass is 32.2. The minimum absolute atomic E-state index is 0.598. The average molecular weight is 268 g/mol. The van der Waals surface area contributed by atoms with E-state index >= 15 is 0 Å². The summed E-state index contributed by atoms with van der Waals surface area (Å²) in [5.41, 5.74) is 1.79. The quantitative estimate of drug-likeness (QED) is 0.872. The Morgan fingerprint density at radius 1 is 1.39 bits per heavy atom. The zero-order valence-corrected chi connectivity index (χ0v) is 11.5. The van der Waals surface area contributed by atoms with Crippen LogP contribution in [-0.4, -0.2) is 27.8 Å². The van der Waals surface area contributed by atoms with Gasteiger partial charge in [-0.15, -0.1) is 0 Å². The van der Waals surface area contributed by atoms with E-state index in [1.165, 1.54) is 19.1 Å². The largest absolute Gasteiger partial charge is 0.316 e. The topological polar surface area (TPSA) is 58.2 Å². The lowest BCUT2D eigenvalue weighted by Crippen LogP contribution is -2.31. The Morgan fingerprint density at radius 2 is 2.17 bits per heavy atom. The van der Waals surface area contributed by atoms with Crippen LogP contribution in [0.2, 0.25) is 0 Å². The minimum Gasteiger partial charge on any atom is -0.316 e. The predicted molar refractivity (Wildman–Crippen MR) is 74.2 cm³/mol. The van der Waals surface area contributed by atoms with Crippen molar-refractivity contribution in [3.63, 3.8) is 0 Å². The minimum atomic E-state index is -3.21. The lowest BCUT2D eigenvalue weighted by Gasteiger charge is -2.23. The normalized spacial score (nSPS) is 20.6. The van der Waals surface area contributed by atoms with Crippen molar-refractivity contribution in [1.29, 1.82) is 0 Å². The van der Waals surface area contributed by atoms with E-state index in [9.17, 15) is 8.42 Å². The van der Waals surface area contributed by atoms with Crippen LogP contribution in [0.1, 0.15) is 18.4 Å². The lowest BCUT2D eigenvalue weighted by molar-refractivity contribution is 0.376. The fourth-order valence-corrected chi connectivity index (χ4v) is 3.01. The molecule has 1 unspecified atom stereocenters. The molecule has 0 bridgehead atoms. The Labute approximate surface area is 109 Å². The molecule has 1 aliphatic heterocycles. The fraction of sp³-hybridized carbons (Fsp3) is 0.538. The summed E-state index contributed by atoms with van der Waals surface area (Å²) in [4.78, 5) is 0. The number of benzene rings is 1. The third-order valence-corrected chi connectivity index (χ3v) is 3.81. The van der Waals surface area contributed by atoms with Crippen molar-refractivity contribution in [3.05, 3.63) is 29.8 Å². The first-order valence-corrected chi connectivity index (χ1v) is 8.20. The smallest absolute Gasteiger partial charge is 0.229 e. The summed E-state index contributed by atoms with van der Waals surface area (Å²) in [5.74, 6) is 0.598. The Kier molecular flexibility index (Phi) is 4.24. The summed E-state index contributed by atoms with van der Waals surface area (Å²) in [6, 6.07) is 7.64. The molecule has 0 radical (unpaired) electrons. The van der Waals surface area contributed by atoms with Gasteiger partial charge < -0.3 is 5.32 Å². The average Bonchev–Trinajstić information content (AvgIpc) is 2.31. The zero-order valence-electron chi connectivity index (χ0n) is 10.6. The van der Waals surface area contributed by atoms with Crippen molar-refractivity contribution in [2.75, 3.05) is 24.1 Å². The van der Waals surface area contributed by atoms with E-state index < -0.39 is 10.0 Å². The van der Waals surface area contributed by atoms with Gasteiger partial charge in [-0.1, -0.05) is 18.2 Å². The Balaban J connectivity index is 2.11. The summed E-state index contributed by atoms with van der Waals surface area (Å²) in [6.07, 6.45) is 4.52. The van der Waals surface area contributed by atoms with Crippen LogP contribution in [0.3, 0.4) is 0 Å². The molecule has 1 atom stereocenters. The number of sulfonamides is 1. The van der Waals surface area contributed by atoms with Gasteiger partial charge in [0.05, 0.1) is 11.9 Å². The summed E-state index contributed by atoms with van der Waals surface area (Å²) >= 11 is 0. The first kappa shape index (κ1) is 13.4. The third-order valence-electron chi connectivity index (χ3n) is 3.22. The van der Waals surface area contributed by atoms with Gasteiger partial charge in [-0.05, 0) is 49.9 Å². The molecule has 4 nitrogen and oxygen atoms in total. The van der Waals surface area contributed by atoms with Gasteiger partial charge in [-0.3, -0.25) is 4.72 Å². The Morgan fingerprint density at radius 3 is 2.83 bits per heavy atom. The molecule has 1 saturated heterocycles. The number of hydrogen-bond donors (Lipinski definition) is 2. The highest BCUT2D eigenvalue weighted by molar-refractivity contribution is 7.92. The standard InChI is InChI=1S/C13H20N2O2S/c1-18(16,17)15-13-7-3-2-6-12(13)9-11-5-4-8-14-10-11/h2-3,6-7,11,14-15H,4-5,8-10H2,1H3. The van der Waals surface area contributed by atoms with Crippen molar-refractivity contribution < 1.29 is 8.42 Å². The maximum Gasteiger partial charge on any atom is 0.229 e. The predicted octanol–water partition coefficient (Wildman–Crippen LogP) is 1.60. The molecule has 5 heteroatoms. The molecule has 2 N–H and O–H groups in total. The number of anilines is 1. The molecule has 0 spiro atoms. The second-order valence-corrected chi connectivity index (χ2v) is 6.70. The summed E-state index contributed by atoms with van der Waals surface area (Å²) in [6.45, 7) is 2.12. The molecule has 2 rings (SSSR count). The van der Waals surface area contributed by atoms with Crippen LogP contribution in [-0.2, 0) is 16.4 Å². The van der Waals surface area contributed by atoms with E-state index in [0.717, 1.165) is 25.1 Å². The van der Waals surface area contributed by atoms with E-state index in [0.29, 0.717) is 11.6 Å². The molecule has 1 aliphatic rings. The van der Waals surface area contributed by atoms with Crippen LogP contribution in [0.25, 0.3) is 0 Å². The number of rotatable bonds is 4. The Hall–Kier alpha value is -1.07. The van der Waals surface area contributed by atoms with Gasteiger partial charge >= 0.3 is 0 Å². The highest BCUT2D eigenvalue weighted by Gasteiger charge is 2.16. The van der Waals surface area contributed by atoms with Gasteiger partial charge in [-0.2, -0.15) is 0 Å². The first-order chi connectivity index (χ1) is 8.54. The molecule has 18 heavy (non-hydrogen) atoms. The molecule has 0 aliphatic carbocycles. The number of piperidine rings is 1. The SMILES string of the molecule is CS(=O)(=O)Nc1ccccc1CC1CCCNC1. The van der Waals surface area contributed by atoms with Crippen LogP contribution >= 0.6 is 0 Å². The van der Waals surface area contributed by atoms with Crippen molar-refractivity contribution >= 4 is 15.7 Å². The molecule has 0 saturated carbocycles. The van der Waals surface area contributed by atoms with Gasteiger partial charge in [0.25, 0.3) is 0 Å². The van der Waals surface area contributed by atoms with E-state index in [2.05, 4.69) is 10.0 Å². The molecule has 100 valence electrons. The van der Waals surface area contributed by atoms with Gasteiger partial charge in [0.1, 0.15) is 0 Å². The molecular weight excluding hydrogens is 248 g/mol. The van der Waals surface area contributed by atoms with E-state index in [1.54, 1.807) is 0 Å². The highest BCUT2D eigenvalue weighted by Crippen LogP contribution is 2.23. The monoisotopic (exact) mass is 268 g/mol. The lowest BCUT2D eigenvalue weighted by atomic mass is 9.92. The van der Waals surface area contributed by atoms with Crippen molar-refractivity contribution in [3.8, 4) is 0 Å². The van der Waals surface area contributed by atoms with Crippen molar-refractivity contribution in [2.45, 2.75) is 19.3 Å². The number of nitrogens with one attached hydrogen (secondary N) is 2. The maximum absolute atomic E-state index is 11.3. The number of hydrogen-bond acceptors (Lipinski definition) is 3. The number of para-hydroxylation sites is 1. The van der Waals surface area contributed by atoms with Crippen molar-refractivity contribution in [1.82, 2.24) is 5.32 Å². The zero-order chi connectivity index (χ0) is 13.0. The van der Waals surface area contributed by atoms with Gasteiger partial charge in [0, 0.05) is 0 Å². The summed E-state index contributed by atoms with van der Waals surface area (Å²) in [5, 5.41) is 3.38.